The van der Waals surface area contributed by atoms with E-state index in [1.165, 1.54) is 38.4 Å². The third-order valence-electron chi connectivity index (χ3n) is 7.27. The Bertz CT molecular complexity index is 1610. The van der Waals surface area contributed by atoms with Crippen molar-refractivity contribution in [3.05, 3.63) is 51.8 Å². The van der Waals surface area contributed by atoms with Crippen molar-refractivity contribution in [1.29, 1.82) is 0 Å². The van der Waals surface area contributed by atoms with Gasteiger partial charge >= 0.3 is 11.9 Å². The molecule has 0 atom stereocenters. The molecule has 6 rings (SSSR count). The minimum absolute atomic E-state index is 0.0599. The summed E-state index contributed by atoms with van der Waals surface area (Å²) in [6.45, 7) is 4.14. The molecule has 0 radical (unpaired) electrons. The lowest BCUT2D eigenvalue weighted by atomic mass is 10.1. The summed E-state index contributed by atoms with van der Waals surface area (Å²) in [6.07, 6.45) is 9.06. The number of hydrogen-bond donors (Lipinski definition) is 3. The van der Waals surface area contributed by atoms with Gasteiger partial charge in [-0.1, -0.05) is 18.0 Å². The molecule has 0 spiro atoms. The predicted octanol–water partition coefficient (Wildman–Crippen LogP) is 6.63. The summed E-state index contributed by atoms with van der Waals surface area (Å²) < 4.78 is 23.3. The molecule has 1 aliphatic heterocycles. The van der Waals surface area contributed by atoms with Crippen molar-refractivity contribution >= 4 is 72.8 Å². The fourth-order valence-corrected chi connectivity index (χ4v) is 5.81. The highest BCUT2D eigenvalue weighted by molar-refractivity contribution is 9.10. The summed E-state index contributed by atoms with van der Waals surface area (Å²) >= 11 is 9.76. The first-order chi connectivity index (χ1) is 20.2. The molecule has 3 heterocycles. The Balaban J connectivity index is 0.000000535. The van der Waals surface area contributed by atoms with Crippen molar-refractivity contribution in [2.45, 2.75) is 44.6 Å². The van der Waals surface area contributed by atoms with Crippen molar-refractivity contribution in [3.63, 3.8) is 0 Å². The van der Waals surface area contributed by atoms with E-state index in [0.29, 0.717) is 24.2 Å². The zero-order chi connectivity index (χ0) is 29.8. The highest BCUT2D eigenvalue weighted by atomic mass is 79.9. The van der Waals surface area contributed by atoms with Gasteiger partial charge in [0, 0.05) is 23.7 Å². The lowest BCUT2D eigenvalue weighted by molar-refractivity contribution is -0.159. The van der Waals surface area contributed by atoms with Crippen LogP contribution in [0.3, 0.4) is 0 Å². The summed E-state index contributed by atoms with van der Waals surface area (Å²) in [5.74, 6) is -2.67. The standard InChI is InChI=1S/C27H28BrClFN5O.C2H2O4/c28-20-15-23-19(14-25(20)36-12-4-11-34-9-2-1-3-10-34)26-24(35(23)18-6-7-18)16-31-33-27(26)32-17-5-8-22(30)21(29)13-17;3-1(4)2(5)6/h5,8,13-16,18H,1-4,6-7,9-12H2,(H,32,33);(H,3,4)(H,5,6). The first-order valence-corrected chi connectivity index (χ1v) is 14.9. The largest absolute Gasteiger partial charge is 0.492 e. The number of nitrogens with one attached hydrogen (secondary N) is 1. The van der Waals surface area contributed by atoms with E-state index >= 15 is 0 Å². The molecule has 1 saturated heterocycles. The molecule has 0 bridgehead atoms. The normalized spacial score (nSPS) is 15.3. The molecule has 0 unspecified atom stereocenters. The Morgan fingerprint density at radius 3 is 2.50 bits per heavy atom. The Morgan fingerprint density at radius 2 is 1.83 bits per heavy atom. The van der Waals surface area contributed by atoms with E-state index in [1.54, 1.807) is 12.1 Å². The first-order valence-electron chi connectivity index (χ1n) is 13.7. The van der Waals surface area contributed by atoms with Crippen molar-refractivity contribution in [1.82, 2.24) is 19.7 Å². The van der Waals surface area contributed by atoms with Crippen LogP contribution in [0.2, 0.25) is 5.02 Å². The Hall–Kier alpha value is -3.48. The van der Waals surface area contributed by atoms with Gasteiger partial charge in [-0.15, -0.1) is 5.10 Å². The van der Waals surface area contributed by atoms with E-state index in [0.717, 1.165) is 57.8 Å². The molecule has 10 nitrogen and oxygen atoms in total. The fourth-order valence-electron chi connectivity index (χ4n) is 5.19. The minimum atomic E-state index is -1.82. The van der Waals surface area contributed by atoms with Crippen LogP contribution in [0.25, 0.3) is 21.8 Å². The van der Waals surface area contributed by atoms with Crippen LogP contribution in [0.15, 0.2) is 41.0 Å². The second kappa shape index (κ2) is 13.2. The van der Waals surface area contributed by atoms with Gasteiger partial charge in [0.25, 0.3) is 0 Å². The summed E-state index contributed by atoms with van der Waals surface area (Å²) in [5, 5.41) is 28.9. The van der Waals surface area contributed by atoms with Gasteiger partial charge in [0.1, 0.15) is 11.6 Å². The molecule has 1 saturated carbocycles. The number of piperidine rings is 1. The Morgan fingerprint density at radius 1 is 1.10 bits per heavy atom. The number of hydrogen-bond acceptors (Lipinski definition) is 7. The third kappa shape index (κ3) is 6.93. The van der Waals surface area contributed by atoms with Gasteiger partial charge in [-0.2, -0.15) is 5.10 Å². The van der Waals surface area contributed by atoms with Gasteiger partial charge in [-0.3, -0.25) is 0 Å². The molecule has 2 aromatic heterocycles. The molecule has 4 aromatic rings. The van der Waals surface area contributed by atoms with Crippen molar-refractivity contribution in [3.8, 4) is 5.75 Å². The van der Waals surface area contributed by atoms with E-state index in [9.17, 15) is 4.39 Å². The van der Waals surface area contributed by atoms with E-state index in [2.05, 4.69) is 53.0 Å². The number of carboxylic acid groups (broad SMARTS) is 2. The van der Waals surface area contributed by atoms with E-state index in [4.69, 9.17) is 36.1 Å². The fraction of sp³-hybridized carbons (Fsp3) is 0.379. The summed E-state index contributed by atoms with van der Waals surface area (Å²) in [7, 11) is 0. The van der Waals surface area contributed by atoms with Gasteiger partial charge in [-0.25, -0.2) is 14.0 Å². The zero-order valence-electron chi connectivity index (χ0n) is 22.7. The molecule has 3 N–H and O–H groups in total. The minimum Gasteiger partial charge on any atom is -0.492 e. The summed E-state index contributed by atoms with van der Waals surface area (Å²) in [6, 6.07) is 9.25. The van der Waals surface area contributed by atoms with Crippen LogP contribution in [0.5, 0.6) is 5.75 Å². The van der Waals surface area contributed by atoms with Crippen LogP contribution in [-0.4, -0.2) is 68.1 Å². The number of likely N-dealkylation sites (tertiary alicyclic amines) is 1. The zero-order valence-corrected chi connectivity index (χ0v) is 25.0. The highest BCUT2D eigenvalue weighted by Gasteiger charge is 2.29. The number of aromatic nitrogens is 3. The predicted molar refractivity (Wildman–Crippen MR) is 161 cm³/mol. The van der Waals surface area contributed by atoms with Gasteiger partial charge in [0.2, 0.25) is 0 Å². The van der Waals surface area contributed by atoms with Crippen molar-refractivity contribution < 1.29 is 28.9 Å². The van der Waals surface area contributed by atoms with Crippen LogP contribution in [0.4, 0.5) is 15.9 Å². The first kappa shape index (κ1) is 30.0. The number of nitrogens with zero attached hydrogens (tertiary/aromatic N) is 4. The van der Waals surface area contributed by atoms with Gasteiger partial charge in [0.05, 0.1) is 38.7 Å². The molecule has 2 aromatic carbocycles. The van der Waals surface area contributed by atoms with E-state index in [-0.39, 0.29) is 5.02 Å². The highest BCUT2D eigenvalue weighted by Crippen LogP contribution is 2.46. The van der Waals surface area contributed by atoms with Crippen molar-refractivity contribution in [2.75, 3.05) is 31.6 Å². The monoisotopic (exact) mass is 661 g/mol. The Labute approximate surface area is 254 Å². The lowest BCUT2D eigenvalue weighted by Gasteiger charge is -2.26. The maximum atomic E-state index is 13.7. The number of fused-ring (bicyclic) bond motifs is 3. The molecular formula is C29H30BrClFN5O5. The SMILES string of the molecule is Fc1ccc(Nc2nncc3c2c2cc(OCCCN4CCCCC4)c(Br)cc2n3C2CC2)cc1Cl.O=C(O)C(=O)O. The average Bonchev–Trinajstić information content (AvgIpc) is 3.76. The number of carboxylic acids is 2. The number of aliphatic carboxylic acids is 2. The van der Waals surface area contributed by atoms with Crippen LogP contribution < -0.4 is 10.1 Å². The molecule has 13 heteroatoms. The quantitative estimate of drug-likeness (QED) is 0.141. The van der Waals surface area contributed by atoms with E-state index in [1.807, 2.05) is 6.20 Å². The maximum Gasteiger partial charge on any atom is 0.414 e. The van der Waals surface area contributed by atoms with Crippen molar-refractivity contribution in [2.24, 2.45) is 0 Å². The van der Waals surface area contributed by atoms with Crippen LogP contribution in [0.1, 0.15) is 44.6 Å². The third-order valence-corrected chi connectivity index (χ3v) is 8.18. The van der Waals surface area contributed by atoms with Gasteiger partial charge in [-0.05, 0) is 91.5 Å². The topological polar surface area (TPSA) is 130 Å². The smallest absolute Gasteiger partial charge is 0.414 e. The summed E-state index contributed by atoms with van der Waals surface area (Å²) in [5.41, 5.74) is 2.80. The number of rotatable bonds is 8. The van der Waals surface area contributed by atoms with Crippen LogP contribution in [-0.2, 0) is 9.59 Å². The van der Waals surface area contributed by atoms with Crippen LogP contribution in [0, 0.1) is 5.82 Å². The lowest BCUT2D eigenvalue weighted by Crippen LogP contribution is -2.31. The number of carbonyl (C=O) groups is 2. The van der Waals surface area contributed by atoms with E-state index < -0.39 is 17.8 Å². The molecule has 222 valence electrons. The number of ether oxygens (including phenoxy) is 1. The molecular weight excluding hydrogens is 633 g/mol. The van der Waals surface area contributed by atoms with Gasteiger partial charge in [0.15, 0.2) is 5.82 Å². The molecule has 2 fully saturated rings. The second-order valence-electron chi connectivity index (χ2n) is 10.3. The number of benzene rings is 2. The molecule has 0 amide bonds. The molecule has 42 heavy (non-hydrogen) atoms. The molecule has 2 aliphatic rings. The molecule has 1 aliphatic carbocycles. The maximum absolute atomic E-state index is 13.7. The second-order valence-corrected chi connectivity index (χ2v) is 11.6. The van der Waals surface area contributed by atoms with Gasteiger partial charge < -0.3 is 29.7 Å². The Kier molecular flexibility index (Phi) is 9.44. The number of halogens is 3. The number of anilines is 2. The average molecular weight is 663 g/mol. The van der Waals surface area contributed by atoms with Crippen LogP contribution >= 0.6 is 27.5 Å². The summed E-state index contributed by atoms with van der Waals surface area (Å²) in [4.78, 5) is 20.7.